The number of benzene rings is 2. The lowest BCUT2D eigenvalue weighted by molar-refractivity contribution is -0.117. The summed E-state index contributed by atoms with van der Waals surface area (Å²) in [6.07, 6.45) is 1.58. The summed E-state index contributed by atoms with van der Waals surface area (Å²) in [5, 5.41) is 14.0. The van der Waals surface area contributed by atoms with Gasteiger partial charge in [0, 0.05) is 16.6 Å². The first-order chi connectivity index (χ1) is 11.6. The van der Waals surface area contributed by atoms with Crippen molar-refractivity contribution in [3.8, 4) is 0 Å². The highest BCUT2D eigenvalue weighted by Gasteiger charge is 2.14. The van der Waals surface area contributed by atoms with E-state index >= 15 is 0 Å². The lowest BCUT2D eigenvalue weighted by Gasteiger charge is -2.10. The molecule has 0 spiro atoms. The molecule has 6 heteroatoms. The van der Waals surface area contributed by atoms with Crippen molar-refractivity contribution in [1.29, 1.82) is 0 Å². The Morgan fingerprint density at radius 3 is 2.33 bits per heavy atom. The Morgan fingerprint density at radius 2 is 1.71 bits per heavy atom. The molecule has 0 saturated heterocycles. The smallest absolute Gasteiger partial charge is 0.267 e. The predicted molar refractivity (Wildman–Crippen MR) is 96.1 cm³/mol. The van der Waals surface area contributed by atoms with Crippen LogP contribution < -0.4 is 10.6 Å². The number of carbonyl (C=O) groups excluding carboxylic acids is 2. The van der Waals surface area contributed by atoms with E-state index in [4.69, 9.17) is 5.11 Å². The Balaban J connectivity index is 2.23. The van der Waals surface area contributed by atoms with Gasteiger partial charge in [0.25, 0.3) is 11.8 Å². The molecule has 0 bridgehead atoms. The van der Waals surface area contributed by atoms with Crippen molar-refractivity contribution in [2.45, 2.75) is 0 Å². The average molecular weight is 389 g/mol. The van der Waals surface area contributed by atoms with Crippen LogP contribution in [-0.2, 0) is 4.79 Å². The van der Waals surface area contributed by atoms with Gasteiger partial charge in [-0.05, 0) is 35.9 Å². The molecule has 0 radical (unpaired) electrons. The minimum Gasteiger partial charge on any atom is -0.395 e. The zero-order chi connectivity index (χ0) is 17.4. The van der Waals surface area contributed by atoms with Gasteiger partial charge < -0.3 is 15.7 Å². The van der Waals surface area contributed by atoms with Gasteiger partial charge in [-0.25, -0.2) is 0 Å². The lowest BCUT2D eigenvalue weighted by Crippen LogP contribution is -2.36. The number of aliphatic hydroxyl groups is 1. The third-order valence-electron chi connectivity index (χ3n) is 3.11. The van der Waals surface area contributed by atoms with Gasteiger partial charge in [0.1, 0.15) is 5.70 Å². The molecule has 0 aromatic heterocycles. The van der Waals surface area contributed by atoms with Crippen LogP contribution in [0.4, 0.5) is 0 Å². The van der Waals surface area contributed by atoms with Crippen LogP contribution >= 0.6 is 15.9 Å². The molecule has 124 valence electrons. The molecular weight excluding hydrogens is 372 g/mol. The molecular formula is C18H17BrN2O3. The van der Waals surface area contributed by atoms with E-state index in [9.17, 15) is 9.59 Å². The molecule has 0 aliphatic heterocycles. The second kappa shape index (κ2) is 9.00. The summed E-state index contributed by atoms with van der Waals surface area (Å²) in [6.45, 7) is -0.0678. The first kappa shape index (κ1) is 17.9. The minimum absolute atomic E-state index is 0.109. The monoisotopic (exact) mass is 388 g/mol. The normalized spacial score (nSPS) is 11.0. The highest BCUT2D eigenvalue weighted by molar-refractivity contribution is 9.10. The molecule has 3 N–H and O–H groups in total. The standard InChI is InChI=1S/C18H17BrN2O3/c19-15-8-6-13(7-9-15)12-16(18(24)20-10-11-22)21-17(23)14-4-2-1-3-5-14/h1-9,12,22H,10-11H2,(H,20,24)(H,21,23)/b16-12+. The van der Waals surface area contributed by atoms with Crippen molar-refractivity contribution in [3.63, 3.8) is 0 Å². The van der Waals surface area contributed by atoms with Crippen molar-refractivity contribution in [3.05, 3.63) is 75.9 Å². The van der Waals surface area contributed by atoms with Crippen LogP contribution in [0.5, 0.6) is 0 Å². The molecule has 0 heterocycles. The topological polar surface area (TPSA) is 78.4 Å². The third kappa shape index (κ3) is 5.33. The highest BCUT2D eigenvalue weighted by atomic mass is 79.9. The number of amides is 2. The number of halogens is 1. The summed E-state index contributed by atoms with van der Waals surface area (Å²) >= 11 is 3.35. The van der Waals surface area contributed by atoms with Gasteiger partial charge in [-0.1, -0.05) is 46.3 Å². The van der Waals surface area contributed by atoms with Crippen LogP contribution in [0.25, 0.3) is 6.08 Å². The fourth-order valence-electron chi connectivity index (χ4n) is 1.93. The van der Waals surface area contributed by atoms with E-state index in [1.165, 1.54) is 0 Å². The number of aliphatic hydroxyl groups excluding tert-OH is 1. The zero-order valence-corrected chi connectivity index (χ0v) is 14.4. The van der Waals surface area contributed by atoms with Crippen LogP contribution in [0.1, 0.15) is 15.9 Å². The van der Waals surface area contributed by atoms with Gasteiger partial charge in [-0.3, -0.25) is 9.59 Å². The summed E-state index contributed by atoms with van der Waals surface area (Å²) in [5.74, 6) is -0.839. The van der Waals surface area contributed by atoms with Crippen LogP contribution in [-0.4, -0.2) is 30.1 Å². The number of hydrogen-bond donors (Lipinski definition) is 3. The highest BCUT2D eigenvalue weighted by Crippen LogP contribution is 2.13. The van der Waals surface area contributed by atoms with E-state index in [1.807, 2.05) is 30.3 Å². The van der Waals surface area contributed by atoms with E-state index in [-0.39, 0.29) is 24.8 Å². The fraction of sp³-hybridized carbons (Fsp3) is 0.111. The summed E-state index contributed by atoms with van der Waals surface area (Å²) < 4.78 is 0.916. The third-order valence-corrected chi connectivity index (χ3v) is 3.64. The number of rotatable bonds is 6. The largest absolute Gasteiger partial charge is 0.395 e. The van der Waals surface area contributed by atoms with E-state index < -0.39 is 5.91 Å². The SMILES string of the molecule is O=C(NCCO)/C(=C\c1ccc(Br)cc1)NC(=O)c1ccccc1. The van der Waals surface area contributed by atoms with E-state index in [0.717, 1.165) is 10.0 Å². The Kier molecular flexibility index (Phi) is 6.72. The second-order valence-corrected chi connectivity index (χ2v) is 5.82. The van der Waals surface area contributed by atoms with Crippen molar-refractivity contribution < 1.29 is 14.7 Å². The van der Waals surface area contributed by atoms with E-state index in [0.29, 0.717) is 5.56 Å². The molecule has 0 unspecified atom stereocenters. The number of nitrogens with one attached hydrogen (secondary N) is 2. The maximum atomic E-state index is 12.3. The van der Waals surface area contributed by atoms with Crippen LogP contribution in [0.2, 0.25) is 0 Å². The average Bonchev–Trinajstić information content (AvgIpc) is 2.61. The molecule has 0 aliphatic carbocycles. The van der Waals surface area contributed by atoms with Gasteiger partial charge in [0.05, 0.1) is 6.61 Å². The molecule has 2 aromatic rings. The molecule has 0 aliphatic rings. The zero-order valence-electron chi connectivity index (χ0n) is 12.8. The van der Waals surface area contributed by atoms with Gasteiger partial charge in [-0.15, -0.1) is 0 Å². The molecule has 0 fully saturated rings. The lowest BCUT2D eigenvalue weighted by atomic mass is 10.1. The summed E-state index contributed by atoms with van der Waals surface area (Å²) in [6, 6.07) is 16.0. The van der Waals surface area contributed by atoms with Gasteiger partial charge in [0.2, 0.25) is 0 Å². The maximum Gasteiger partial charge on any atom is 0.267 e. The van der Waals surface area contributed by atoms with E-state index in [1.54, 1.807) is 30.3 Å². The van der Waals surface area contributed by atoms with E-state index in [2.05, 4.69) is 26.6 Å². The molecule has 2 aromatic carbocycles. The quantitative estimate of drug-likeness (QED) is 0.664. The van der Waals surface area contributed by atoms with Gasteiger partial charge >= 0.3 is 0 Å². The molecule has 2 rings (SSSR count). The first-order valence-electron chi connectivity index (χ1n) is 7.33. The molecule has 0 saturated carbocycles. The molecule has 5 nitrogen and oxygen atoms in total. The summed E-state index contributed by atoms with van der Waals surface area (Å²) in [5.41, 5.74) is 1.33. The Labute approximate surface area is 148 Å². The molecule has 0 atom stereocenters. The van der Waals surface area contributed by atoms with Crippen LogP contribution in [0.15, 0.2) is 64.8 Å². The van der Waals surface area contributed by atoms with Crippen molar-refractivity contribution in [1.82, 2.24) is 10.6 Å². The Hall–Kier alpha value is -2.44. The predicted octanol–water partition coefficient (Wildman–Crippen LogP) is 2.33. The Bertz CT molecular complexity index is 728. The summed E-state index contributed by atoms with van der Waals surface area (Å²) in [7, 11) is 0. The minimum atomic E-state index is -0.462. The van der Waals surface area contributed by atoms with Crippen molar-refractivity contribution >= 4 is 33.8 Å². The number of carbonyl (C=O) groups is 2. The fourth-order valence-corrected chi connectivity index (χ4v) is 2.20. The Morgan fingerprint density at radius 1 is 1.04 bits per heavy atom. The van der Waals surface area contributed by atoms with Crippen LogP contribution in [0, 0.1) is 0 Å². The van der Waals surface area contributed by atoms with Crippen molar-refractivity contribution in [2.75, 3.05) is 13.2 Å². The van der Waals surface area contributed by atoms with Gasteiger partial charge in [-0.2, -0.15) is 0 Å². The van der Waals surface area contributed by atoms with Crippen molar-refractivity contribution in [2.24, 2.45) is 0 Å². The summed E-state index contributed by atoms with van der Waals surface area (Å²) in [4.78, 5) is 24.5. The van der Waals surface area contributed by atoms with Crippen LogP contribution in [0.3, 0.4) is 0 Å². The molecule has 2 amide bonds. The first-order valence-corrected chi connectivity index (χ1v) is 8.12. The van der Waals surface area contributed by atoms with Gasteiger partial charge in [0.15, 0.2) is 0 Å². The maximum absolute atomic E-state index is 12.3. The number of hydrogen-bond acceptors (Lipinski definition) is 3. The molecule has 24 heavy (non-hydrogen) atoms. The second-order valence-electron chi connectivity index (χ2n) is 4.91.